The van der Waals surface area contributed by atoms with Crippen molar-refractivity contribution in [2.75, 3.05) is 21.3 Å². The van der Waals surface area contributed by atoms with Crippen LogP contribution in [0.3, 0.4) is 0 Å². The molecule has 0 bridgehead atoms. The van der Waals surface area contributed by atoms with Crippen LogP contribution in [0.4, 0.5) is 0 Å². The third-order valence-electron chi connectivity index (χ3n) is 4.54. The largest absolute Gasteiger partial charge is 0.497 e. The van der Waals surface area contributed by atoms with E-state index < -0.39 is 11.7 Å². The lowest BCUT2D eigenvalue weighted by atomic mass is 9.84. The molecule has 4 heteroatoms. The lowest BCUT2D eigenvalue weighted by Gasteiger charge is -2.36. The van der Waals surface area contributed by atoms with Crippen LogP contribution in [-0.4, -0.2) is 32.0 Å². The maximum absolute atomic E-state index is 10.9. The Kier molecular flexibility index (Phi) is 5.48. The average Bonchev–Trinajstić information content (AvgIpc) is 2.80. The first-order valence-electron chi connectivity index (χ1n) is 7.61. The number of aliphatic hydroxyl groups is 1. The molecule has 4 nitrogen and oxygen atoms in total. The van der Waals surface area contributed by atoms with E-state index in [0.717, 1.165) is 31.2 Å². The van der Waals surface area contributed by atoms with Gasteiger partial charge in [0.05, 0.1) is 19.8 Å². The van der Waals surface area contributed by atoms with Gasteiger partial charge in [0, 0.05) is 13.2 Å². The van der Waals surface area contributed by atoms with E-state index >= 15 is 0 Å². The van der Waals surface area contributed by atoms with E-state index in [4.69, 9.17) is 14.2 Å². The highest BCUT2D eigenvalue weighted by atomic mass is 16.5. The quantitative estimate of drug-likeness (QED) is 0.845. The summed E-state index contributed by atoms with van der Waals surface area (Å²) in [5.74, 6) is 1.37. The molecule has 0 radical (unpaired) electrons. The molecule has 0 amide bonds. The van der Waals surface area contributed by atoms with Gasteiger partial charge in [-0.05, 0) is 30.5 Å². The van der Waals surface area contributed by atoms with Gasteiger partial charge >= 0.3 is 0 Å². The van der Waals surface area contributed by atoms with Crippen molar-refractivity contribution in [3.63, 3.8) is 0 Å². The molecule has 1 N–H and O–H groups in total. The highest BCUT2D eigenvalue weighted by Crippen LogP contribution is 2.41. The molecule has 21 heavy (non-hydrogen) atoms. The summed E-state index contributed by atoms with van der Waals surface area (Å²) in [5, 5.41) is 10.9. The first kappa shape index (κ1) is 16.1. The van der Waals surface area contributed by atoms with E-state index in [1.807, 2.05) is 18.2 Å². The maximum atomic E-state index is 10.9. The van der Waals surface area contributed by atoms with Crippen LogP contribution in [0.15, 0.2) is 18.2 Å². The van der Waals surface area contributed by atoms with Crippen LogP contribution in [-0.2, 0) is 4.74 Å². The topological polar surface area (TPSA) is 47.9 Å². The minimum Gasteiger partial charge on any atom is -0.497 e. The van der Waals surface area contributed by atoms with Gasteiger partial charge in [-0.2, -0.15) is 0 Å². The van der Waals surface area contributed by atoms with E-state index in [1.54, 1.807) is 21.3 Å². The Bertz CT molecular complexity index is 428. The molecule has 1 aliphatic carbocycles. The highest BCUT2D eigenvalue weighted by Gasteiger charge is 2.39. The zero-order chi connectivity index (χ0) is 15.3. The minimum atomic E-state index is -0.676. The van der Waals surface area contributed by atoms with Crippen LogP contribution in [0.5, 0.6) is 11.5 Å². The predicted octanol–water partition coefficient (Wildman–Crippen LogP) is 3.48. The Morgan fingerprint density at radius 1 is 0.905 bits per heavy atom. The number of ether oxygens (including phenoxy) is 3. The van der Waals surface area contributed by atoms with Gasteiger partial charge in [-0.25, -0.2) is 0 Å². The zero-order valence-corrected chi connectivity index (χ0v) is 13.2. The Balaban J connectivity index is 2.33. The average molecular weight is 294 g/mol. The number of rotatable bonds is 5. The van der Waals surface area contributed by atoms with Crippen molar-refractivity contribution in [1.29, 1.82) is 0 Å². The molecular formula is C17H26O4. The van der Waals surface area contributed by atoms with Crippen LogP contribution in [0.25, 0.3) is 0 Å². The summed E-state index contributed by atoms with van der Waals surface area (Å²) in [5.41, 5.74) is 0.281. The van der Waals surface area contributed by atoms with E-state index in [9.17, 15) is 5.11 Å². The van der Waals surface area contributed by atoms with Crippen LogP contribution in [0.1, 0.15) is 50.2 Å². The first-order chi connectivity index (χ1) is 10.1. The number of methoxy groups -OCH3 is 3. The second-order valence-corrected chi connectivity index (χ2v) is 5.73. The Morgan fingerprint density at radius 2 is 1.43 bits per heavy atom. The molecule has 0 heterocycles. The van der Waals surface area contributed by atoms with Crippen molar-refractivity contribution < 1.29 is 19.3 Å². The smallest absolute Gasteiger partial charge is 0.122 e. The molecule has 1 aliphatic rings. The van der Waals surface area contributed by atoms with Crippen molar-refractivity contribution in [2.45, 2.75) is 50.2 Å². The van der Waals surface area contributed by atoms with Gasteiger partial charge in [0.2, 0.25) is 0 Å². The van der Waals surface area contributed by atoms with E-state index in [1.165, 1.54) is 12.8 Å². The zero-order valence-electron chi connectivity index (χ0n) is 13.2. The predicted molar refractivity (Wildman–Crippen MR) is 81.9 cm³/mol. The van der Waals surface area contributed by atoms with E-state index in [2.05, 4.69) is 0 Å². The molecule has 1 unspecified atom stereocenters. The van der Waals surface area contributed by atoms with Gasteiger partial charge in [-0.15, -0.1) is 0 Å². The molecule has 1 atom stereocenters. The molecule has 0 aliphatic heterocycles. The van der Waals surface area contributed by atoms with Gasteiger partial charge in [0.15, 0.2) is 0 Å². The van der Waals surface area contributed by atoms with E-state index in [0.29, 0.717) is 11.5 Å². The summed E-state index contributed by atoms with van der Waals surface area (Å²) in [6.07, 6.45) is 5.68. The van der Waals surface area contributed by atoms with Crippen LogP contribution in [0.2, 0.25) is 0 Å². The molecule has 1 saturated carbocycles. The van der Waals surface area contributed by atoms with Crippen LogP contribution < -0.4 is 9.47 Å². The summed E-state index contributed by atoms with van der Waals surface area (Å²) in [7, 11) is 4.93. The van der Waals surface area contributed by atoms with Crippen molar-refractivity contribution in [3.8, 4) is 11.5 Å². The van der Waals surface area contributed by atoms with Crippen molar-refractivity contribution >= 4 is 0 Å². The summed E-state index contributed by atoms with van der Waals surface area (Å²) >= 11 is 0. The molecule has 0 aromatic heterocycles. The fourth-order valence-electron chi connectivity index (χ4n) is 3.21. The highest BCUT2D eigenvalue weighted by molar-refractivity contribution is 5.40. The standard InChI is InChI=1S/C17H26O4/c1-19-14-10-13(11-15(12-14)20-2)16(18)17(21-3)8-6-4-5-7-9-17/h10-12,16,18H,4-9H2,1-3H3. The Hall–Kier alpha value is -1.26. The number of hydrogen-bond donors (Lipinski definition) is 1. The molecule has 0 spiro atoms. The summed E-state index contributed by atoms with van der Waals surface area (Å²) in [4.78, 5) is 0. The minimum absolute atomic E-state index is 0.506. The van der Waals surface area contributed by atoms with Gasteiger partial charge < -0.3 is 19.3 Å². The third kappa shape index (κ3) is 3.50. The first-order valence-corrected chi connectivity index (χ1v) is 7.61. The fourth-order valence-corrected chi connectivity index (χ4v) is 3.21. The molecule has 0 saturated heterocycles. The summed E-state index contributed by atoms with van der Waals surface area (Å²) < 4.78 is 16.4. The second-order valence-electron chi connectivity index (χ2n) is 5.73. The van der Waals surface area contributed by atoms with Crippen molar-refractivity contribution in [3.05, 3.63) is 23.8 Å². The van der Waals surface area contributed by atoms with Gasteiger partial charge in [-0.1, -0.05) is 25.7 Å². The normalized spacial score (nSPS) is 19.6. The molecule has 2 rings (SSSR count). The SMILES string of the molecule is COc1cc(OC)cc(C(O)C2(OC)CCCCCC2)c1. The molecule has 1 aromatic rings. The Labute approximate surface area is 127 Å². The molecule has 118 valence electrons. The lowest BCUT2D eigenvalue weighted by Crippen LogP contribution is -2.38. The molecule has 1 aromatic carbocycles. The fraction of sp³-hybridized carbons (Fsp3) is 0.647. The molecular weight excluding hydrogens is 268 g/mol. The number of hydrogen-bond acceptors (Lipinski definition) is 4. The van der Waals surface area contributed by atoms with Crippen molar-refractivity contribution in [1.82, 2.24) is 0 Å². The van der Waals surface area contributed by atoms with Crippen LogP contribution >= 0.6 is 0 Å². The van der Waals surface area contributed by atoms with Crippen molar-refractivity contribution in [2.24, 2.45) is 0 Å². The third-order valence-corrected chi connectivity index (χ3v) is 4.54. The monoisotopic (exact) mass is 294 g/mol. The summed E-state index contributed by atoms with van der Waals surface area (Å²) in [6, 6.07) is 5.53. The number of aliphatic hydroxyl groups excluding tert-OH is 1. The number of benzene rings is 1. The van der Waals surface area contributed by atoms with Gasteiger partial charge in [0.25, 0.3) is 0 Å². The molecule has 1 fully saturated rings. The van der Waals surface area contributed by atoms with E-state index in [-0.39, 0.29) is 0 Å². The Morgan fingerprint density at radius 3 is 1.86 bits per heavy atom. The maximum Gasteiger partial charge on any atom is 0.122 e. The van der Waals surface area contributed by atoms with Crippen LogP contribution in [0, 0.1) is 0 Å². The van der Waals surface area contributed by atoms with Gasteiger partial charge in [0.1, 0.15) is 17.6 Å². The summed E-state index contributed by atoms with van der Waals surface area (Å²) in [6.45, 7) is 0. The van der Waals surface area contributed by atoms with Gasteiger partial charge in [-0.3, -0.25) is 0 Å². The lowest BCUT2D eigenvalue weighted by molar-refractivity contribution is -0.114. The second kappa shape index (κ2) is 7.14.